The van der Waals surface area contributed by atoms with Crippen LogP contribution < -0.4 is 4.74 Å². The first-order valence-electron chi connectivity index (χ1n) is 7.43. The van der Waals surface area contributed by atoms with E-state index in [0.717, 1.165) is 22.2 Å². The minimum atomic E-state index is 0.580. The van der Waals surface area contributed by atoms with Crippen LogP contribution in [0, 0.1) is 0 Å². The van der Waals surface area contributed by atoms with E-state index in [2.05, 4.69) is 34.2 Å². The Morgan fingerprint density at radius 3 is 2.30 bits per heavy atom. The van der Waals surface area contributed by atoms with Gasteiger partial charge in [0.1, 0.15) is 5.75 Å². The number of benzene rings is 2. The Morgan fingerprint density at radius 2 is 1.48 bits per heavy atom. The first-order chi connectivity index (χ1) is 11.4. The quantitative estimate of drug-likeness (QED) is 0.528. The lowest BCUT2D eigenvalue weighted by molar-refractivity contribution is 0.465. The van der Waals surface area contributed by atoms with Crippen molar-refractivity contribution < 1.29 is 4.74 Å². The predicted molar refractivity (Wildman–Crippen MR) is 91.5 cm³/mol. The van der Waals surface area contributed by atoms with Gasteiger partial charge in [0, 0.05) is 23.8 Å². The van der Waals surface area contributed by atoms with Crippen molar-refractivity contribution in [2.24, 2.45) is 0 Å². The van der Waals surface area contributed by atoms with E-state index >= 15 is 0 Å². The minimum absolute atomic E-state index is 0.580. The van der Waals surface area contributed by atoms with Gasteiger partial charge in [-0.3, -0.25) is 4.98 Å². The molecule has 0 unspecified atom stereocenters. The van der Waals surface area contributed by atoms with E-state index in [9.17, 15) is 0 Å². The molecule has 0 bridgehead atoms. The molecule has 0 atom stereocenters. The maximum atomic E-state index is 5.85. The van der Waals surface area contributed by atoms with Crippen LogP contribution in [-0.4, -0.2) is 9.97 Å². The molecule has 3 nitrogen and oxygen atoms in total. The fraction of sp³-hybridized carbons (Fsp3) is 0. The third-order valence-electron chi connectivity index (χ3n) is 3.65. The maximum Gasteiger partial charge on any atom is 0.219 e. The Bertz CT molecular complexity index is 934. The van der Waals surface area contributed by atoms with E-state index in [1.807, 2.05) is 48.5 Å². The summed E-state index contributed by atoms with van der Waals surface area (Å²) < 4.78 is 5.85. The Kier molecular flexibility index (Phi) is 3.45. The van der Waals surface area contributed by atoms with Gasteiger partial charge in [0.25, 0.3) is 0 Å². The molecule has 4 aromatic rings. The van der Waals surface area contributed by atoms with E-state index in [4.69, 9.17) is 4.74 Å². The third kappa shape index (κ3) is 2.90. The molecule has 23 heavy (non-hydrogen) atoms. The number of rotatable bonds is 3. The van der Waals surface area contributed by atoms with Crippen molar-refractivity contribution >= 4 is 10.9 Å². The van der Waals surface area contributed by atoms with Crippen molar-refractivity contribution in [2.45, 2.75) is 0 Å². The molecule has 110 valence electrons. The lowest BCUT2D eigenvalue weighted by Gasteiger charge is -2.07. The second kappa shape index (κ2) is 5.89. The molecule has 0 aliphatic carbocycles. The molecule has 0 spiro atoms. The van der Waals surface area contributed by atoms with Gasteiger partial charge in [-0.05, 0) is 35.4 Å². The van der Waals surface area contributed by atoms with Crippen LogP contribution in [0.2, 0.25) is 0 Å². The van der Waals surface area contributed by atoms with Gasteiger partial charge in [0.2, 0.25) is 5.88 Å². The first kappa shape index (κ1) is 13.5. The van der Waals surface area contributed by atoms with Gasteiger partial charge >= 0.3 is 0 Å². The highest BCUT2D eigenvalue weighted by Crippen LogP contribution is 2.25. The average molecular weight is 298 g/mol. The molecule has 0 radical (unpaired) electrons. The van der Waals surface area contributed by atoms with Gasteiger partial charge in [0.05, 0.1) is 5.52 Å². The zero-order chi connectivity index (χ0) is 15.5. The standard InChI is InChI=1S/C20H14N2O/c1-2-4-15(5-3-1)16-6-9-18(10-7-16)23-20-11-8-17-14-21-13-12-19(17)22-20/h1-14H. The molecule has 2 aromatic carbocycles. The SMILES string of the molecule is c1ccc(-c2ccc(Oc3ccc4cnccc4n3)cc2)cc1. The predicted octanol–water partition coefficient (Wildman–Crippen LogP) is 5.09. The fourth-order valence-electron chi connectivity index (χ4n) is 2.47. The minimum Gasteiger partial charge on any atom is -0.439 e. The number of nitrogens with zero attached hydrogens (tertiary/aromatic N) is 2. The number of fused-ring (bicyclic) bond motifs is 1. The summed E-state index contributed by atoms with van der Waals surface area (Å²) in [5.41, 5.74) is 3.23. The van der Waals surface area contributed by atoms with E-state index in [-0.39, 0.29) is 0 Å². The number of aromatic nitrogens is 2. The van der Waals surface area contributed by atoms with E-state index in [1.54, 1.807) is 12.4 Å². The number of hydrogen-bond donors (Lipinski definition) is 0. The molecule has 0 saturated heterocycles. The highest BCUT2D eigenvalue weighted by Gasteiger charge is 2.02. The second-order valence-corrected chi connectivity index (χ2v) is 5.21. The van der Waals surface area contributed by atoms with Gasteiger partial charge < -0.3 is 4.74 Å². The molecule has 3 heteroatoms. The molecule has 4 rings (SSSR count). The molecule has 2 heterocycles. The second-order valence-electron chi connectivity index (χ2n) is 5.21. The summed E-state index contributed by atoms with van der Waals surface area (Å²) in [7, 11) is 0. The van der Waals surface area contributed by atoms with Crippen LogP contribution in [-0.2, 0) is 0 Å². The van der Waals surface area contributed by atoms with Crippen LogP contribution in [0.3, 0.4) is 0 Å². The molecule has 0 aliphatic heterocycles. The monoisotopic (exact) mass is 298 g/mol. The van der Waals surface area contributed by atoms with Crippen molar-refractivity contribution in [1.29, 1.82) is 0 Å². The van der Waals surface area contributed by atoms with Gasteiger partial charge in [-0.2, -0.15) is 0 Å². The van der Waals surface area contributed by atoms with E-state index in [0.29, 0.717) is 5.88 Å². The molecular weight excluding hydrogens is 284 g/mol. The third-order valence-corrected chi connectivity index (χ3v) is 3.65. The van der Waals surface area contributed by atoms with Crippen LogP contribution in [0.4, 0.5) is 0 Å². The normalized spacial score (nSPS) is 10.6. The zero-order valence-corrected chi connectivity index (χ0v) is 12.4. The van der Waals surface area contributed by atoms with Crippen molar-refractivity contribution in [3.05, 3.63) is 85.2 Å². The van der Waals surface area contributed by atoms with Crippen LogP contribution >= 0.6 is 0 Å². The smallest absolute Gasteiger partial charge is 0.219 e. The lowest BCUT2D eigenvalue weighted by atomic mass is 10.1. The van der Waals surface area contributed by atoms with Crippen molar-refractivity contribution in [3.63, 3.8) is 0 Å². The number of ether oxygens (including phenoxy) is 1. The fourth-order valence-corrected chi connectivity index (χ4v) is 2.47. The Hall–Kier alpha value is -3.20. The summed E-state index contributed by atoms with van der Waals surface area (Å²) >= 11 is 0. The lowest BCUT2D eigenvalue weighted by Crippen LogP contribution is -1.89. The molecule has 0 aliphatic rings. The van der Waals surface area contributed by atoms with Crippen LogP contribution in [0.5, 0.6) is 11.6 Å². The van der Waals surface area contributed by atoms with Gasteiger partial charge in [-0.25, -0.2) is 4.98 Å². The van der Waals surface area contributed by atoms with Crippen molar-refractivity contribution in [2.75, 3.05) is 0 Å². The maximum absolute atomic E-state index is 5.85. The van der Waals surface area contributed by atoms with Crippen LogP contribution in [0.15, 0.2) is 85.2 Å². The van der Waals surface area contributed by atoms with E-state index in [1.165, 1.54) is 5.56 Å². The summed E-state index contributed by atoms with van der Waals surface area (Å²) in [5.74, 6) is 1.35. The Morgan fingerprint density at radius 1 is 0.696 bits per heavy atom. The summed E-state index contributed by atoms with van der Waals surface area (Å²) in [6, 6.07) is 24.0. The molecule has 2 aromatic heterocycles. The first-order valence-corrected chi connectivity index (χ1v) is 7.43. The van der Waals surface area contributed by atoms with Crippen LogP contribution in [0.25, 0.3) is 22.0 Å². The summed E-state index contributed by atoms with van der Waals surface area (Å²) in [5, 5.41) is 0.999. The molecular formula is C20H14N2O. The summed E-state index contributed by atoms with van der Waals surface area (Å²) in [6.07, 6.45) is 3.52. The summed E-state index contributed by atoms with van der Waals surface area (Å²) in [4.78, 5) is 8.57. The average Bonchev–Trinajstić information content (AvgIpc) is 2.63. The van der Waals surface area contributed by atoms with Gasteiger partial charge in [-0.1, -0.05) is 42.5 Å². The van der Waals surface area contributed by atoms with Gasteiger partial charge in [-0.15, -0.1) is 0 Å². The molecule has 0 fully saturated rings. The van der Waals surface area contributed by atoms with Gasteiger partial charge in [0.15, 0.2) is 0 Å². The Labute approximate surface area is 134 Å². The van der Waals surface area contributed by atoms with Crippen LogP contribution in [0.1, 0.15) is 0 Å². The molecule has 0 N–H and O–H groups in total. The highest BCUT2D eigenvalue weighted by atomic mass is 16.5. The number of pyridine rings is 2. The molecule has 0 saturated carbocycles. The summed E-state index contributed by atoms with van der Waals surface area (Å²) in [6.45, 7) is 0. The number of hydrogen-bond acceptors (Lipinski definition) is 3. The Balaban J connectivity index is 1.58. The van der Waals surface area contributed by atoms with Crippen molar-refractivity contribution in [1.82, 2.24) is 9.97 Å². The molecule has 0 amide bonds. The largest absolute Gasteiger partial charge is 0.439 e. The zero-order valence-electron chi connectivity index (χ0n) is 12.4. The van der Waals surface area contributed by atoms with E-state index < -0.39 is 0 Å². The topological polar surface area (TPSA) is 35.0 Å². The highest BCUT2D eigenvalue weighted by molar-refractivity contribution is 5.77. The van der Waals surface area contributed by atoms with Crippen molar-refractivity contribution in [3.8, 4) is 22.8 Å².